The van der Waals surface area contributed by atoms with Crippen LogP contribution in [0.4, 0.5) is 0 Å². The van der Waals surface area contributed by atoms with Crippen molar-refractivity contribution in [2.75, 3.05) is 13.6 Å². The molecule has 2 atom stereocenters. The van der Waals surface area contributed by atoms with E-state index in [9.17, 15) is 9.90 Å². The van der Waals surface area contributed by atoms with Crippen molar-refractivity contribution in [3.05, 3.63) is 23.5 Å². The number of nitrogens with zero attached hydrogens (tertiary/aromatic N) is 2. The van der Waals surface area contributed by atoms with E-state index in [1.165, 1.54) is 5.69 Å². The van der Waals surface area contributed by atoms with E-state index in [2.05, 4.69) is 16.8 Å². The van der Waals surface area contributed by atoms with Gasteiger partial charge in [-0.05, 0) is 31.7 Å². The lowest BCUT2D eigenvalue weighted by Crippen LogP contribution is -2.38. The summed E-state index contributed by atoms with van der Waals surface area (Å²) in [6.07, 6.45) is 6.33. The number of aliphatic hydroxyl groups excluding tert-OH is 1. The summed E-state index contributed by atoms with van der Waals surface area (Å²) in [5, 5.41) is 9.99. The van der Waals surface area contributed by atoms with Crippen LogP contribution in [0.15, 0.2) is 12.3 Å². The lowest BCUT2D eigenvalue weighted by molar-refractivity contribution is -0.132. The average molecular weight is 248 g/mol. The second-order valence-electron chi connectivity index (χ2n) is 5.50. The minimum Gasteiger partial charge on any atom is -0.388 e. The fourth-order valence-corrected chi connectivity index (χ4v) is 3.25. The molecular formula is C14H20N2O2. The van der Waals surface area contributed by atoms with Crippen molar-refractivity contribution < 1.29 is 9.90 Å². The van der Waals surface area contributed by atoms with Crippen molar-refractivity contribution in [3.8, 4) is 0 Å². The van der Waals surface area contributed by atoms with E-state index in [-0.39, 0.29) is 12.0 Å². The van der Waals surface area contributed by atoms with Gasteiger partial charge < -0.3 is 14.6 Å². The Morgan fingerprint density at radius 2 is 2.17 bits per heavy atom. The number of amides is 1. The standard InChI is InChI=1S/C14H20N2O2/c1-15-9-10(5-6-14(15)18)16-8-7-11-12(16)3-2-4-13(11)17/h7-8,10,13,17H,2-6,9H2,1H3. The molecule has 1 aliphatic carbocycles. The summed E-state index contributed by atoms with van der Waals surface area (Å²) < 4.78 is 2.29. The minimum atomic E-state index is -0.294. The molecule has 2 unspecified atom stereocenters. The first-order valence-electron chi connectivity index (χ1n) is 6.78. The molecule has 0 radical (unpaired) electrons. The Bertz CT molecular complexity index is 466. The lowest BCUT2D eigenvalue weighted by atomic mass is 9.94. The van der Waals surface area contributed by atoms with Gasteiger partial charge in [-0.1, -0.05) is 0 Å². The Kier molecular flexibility index (Phi) is 2.90. The van der Waals surface area contributed by atoms with Crippen LogP contribution in [0.25, 0.3) is 0 Å². The number of likely N-dealkylation sites (N-methyl/N-ethyl adjacent to an activating group) is 1. The van der Waals surface area contributed by atoms with Crippen LogP contribution in [0.5, 0.6) is 0 Å². The van der Waals surface area contributed by atoms with E-state index >= 15 is 0 Å². The molecule has 0 aromatic carbocycles. The zero-order valence-electron chi connectivity index (χ0n) is 10.8. The van der Waals surface area contributed by atoms with Crippen LogP contribution in [0, 0.1) is 0 Å². The summed E-state index contributed by atoms with van der Waals surface area (Å²) in [5.41, 5.74) is 2.38. The molecule has 98 valence electrons. The molecule has 1 amide bonds. The Labute approximate surface area is 107 Å². The molecule has 0 bridgehead atoms. The van der Waals surface area contributed by atoms with E-state index < -0.39 is 0 Å². The van der Waals surface area contributed by atoms with Gasteiger partial charge in [-0.3, -0.25) is 4.79 Å². The summed E-state index contributed by atoms with van der Waals surface area (Å²) in [4.78, 5) is 13.3. The van der Waals surface area contributed by atoms with Crippen molar-refractivity contribution in [2.24, 2.45) is 0 Å². The fraction of sp³-hybridized carbons (Fsp3) is 0.643. The number of rotatable bonds is 1. The molecule has 4 nitrogen and oxygen atoms in total. The van der Waals surface area contributed by atoms with E-state index in [4.69, 9.17) is 0 Å². The van der Waals surface area contributed by atoms with Gasteiger partial charge in [0.25, 0.3) is 0 Å². The highest BCUT2D eigenvalue weighted by Crippen LogP contribution is 2.33. The van der Waals surface area contributed by atoms with Crippen LogP contribution in [0.2, 0.25) is 0 Å². The van der Waals surface area contributed by atoms with E-state index in [0.717, 1.165) is 37.8 Å². The van der Waals surface area contributed by atoms with Crippen LogP contribution in [0.1, 0.15) is 49.1 Å². The van der Waals surface area contributed by atoms with Gasteiger partial charge in [-0.25, -0.2) is 0 Å². The SMILES string of the molecule is CN1CC(n2ccc3c2CCCC3O)CCC1=O. The molecule has 1 saturated heterocycles. The second-order valence-corrected chi connectivity index (χ2v) is 5.50. The zero-order chi connectivity index (χ0) is 12.7. The number of fused-ring (bicyclic) bond motifs is 1. The molecular weight excluding hydrogens is 228 g/mol. The van der Waals surface area contributed by atoms with Gasteiger partial charge in [0.1, 0.15) is 0 Å². The number of aliphatic hydroxyl groups is 1. The third-order valence-electron chi connectivity index (χ3n) is 4.30. The van der Waals surface area contributed by atoms with Crippen LogP contribution in [-0.4, -0.2) is 34.1 Å². The largest absolute Gasteiger partial charge is 0.388 e. The van der Waals surface area contributed by atoms with Crippen molar-refractivity contribution in [3.63, 3.8) is 0 Å². The van der Waals surface area contributed by atoms with Crippen molar-refractivity contribution in [1.82, 2.24) is 9.47 Å². The quantitative estimate of drug-likeness (QED) is 0.821. The molecule has 0 spiro atoms. The number of carbonyl (C=O) groups is 1. The van der Waals surface area contributed by atoms with Gasteiger partial charge >= 0.3 is 0 Å². The van der Waals surface area contributed by atoms with E-state index in [0.29, 0.717) is 12.5 Å². The predicted molar refractivity (Wildman–Crippen MR) is 68.2 cm³/mol. The van der Waals surface area contributed by atoms with Gasteiger partial charge in [0, 0.05) is 37.5 Å². The number of piperidine rings is 1. The first kappa shape index (κ1) is 11.8. The summed E-state index contributed by atoms with van der Waals surface area (Å²) >= 11 is 0. The Hall–Kier alpha value is -1.29. The molecule has 1 aliphatic heterocycles. The lowest BCUT2D eigenvalue weighted by Gasteiger charge is -2.32. The normalized spacial score (nSPS) is 28.3. The second kappa shape index (κ2) is 4.43. The number of hydrogen-bond acceptors (Lipinski definition) is 2. The molecule has 0 saturated carbocycles. The van der Waals surface area contributed by atoms with Crippen LogP contribution < -0.4 is 0 Å². The molecule has 18 heavy (non-hydrogen) atoms. The van der Waals surface area contributed by atoms with Crippen LogP contribution in [-0.2, 0) is 11.2 Å². The highest BCUT2D eigenvalue weighted by Gasteiger charge is 2.28. The number of hydrogen-bond donors (Lipinski definition) is 1. The van der Waals surface area contributed by atoms with Crippen molar-refractivity contribution in [1.29, 1.82) is 0 Å². The average Bonchev–Trinajstić information content (AvgIpc) is 2.78. The summed E-state index contributed by atoms with van der Waals surface area (Å²) in [6, 6.07) is 2.43. The molecule has 1 aromatic rings. The molecule has 3 rings (SSSR count). The van der Waals surface area contributed by atoms with Crippen molar-refractivity contribution >= 4 is 5.91 Å². The summed E-state index contributed by atoms with van der Waals surface area (Å²) in [7, 11) is 1.87. The van der Waals surface area contributed by atoms with Crippen LogP contribution in [0.3, 0.4) is 0 Å². The Morgan fingerprint density at radius 1 is 1.33 bits per heavy atom. The molecule has 2 aliphatic rings. The number of aromatic nitrogens is 1. The predicted octanol–water partition coefficient (Wildman–Crippen LogP) is 1.65. The molecule has 1 fully saturated rings. The monoisotopic (exact) mass is 248 g/mol. The maximum absolute atomic E-state index is 11.5. The summed E-state index contributed by atoms with van der Waals surface area (Å²) in [6.45, 7) is 0.788. The minimum absolute atomic E-state index is 0.243. The van der Waals surface area contributed by atoms with Gasteiger partial charge in [0.05, 0.1) is 12.1 Å². The smallest absolute Gasteiger partial charge is 0.222 e. The van der Waals surface area contributed by atoms with Gasteiger partial charge in [0.15, 0.2) is 0 Å². The van der Waals surface area contributed by atoms with Gasteiger partial charge in [-0.2, -0.15) is 0 Å². The number of likely N-dealkylation sites (tertiary alicyclic amines) is 1. The van der Waals surface area contributed by atoms with Gasteiger partial charge in [0.2, 0.25) is 5.91 Å². The van der Waals surface area contributed by atoms with E-state index in [1.54, 1.807) is 0 Å². The first-order chi connectivity index (χ1) is 8.66. The van der Waals surface area contributed by atoms with E-state index in [1.807, 2.05) is 11.9 Å². The Morgan fingerprint density at radius 3 is 2.94 bits per heavy atom. The van der Waals surface area contributed by atoms with Crippen molar-refractivity contribution in [2.45, 2.75) is 44.2 Å². The molecule has 1 N–H and O–H groups in total. The Balaban J connectivity index is 1.87. The molecule has 4 heteroatoms. The molecule has 1 aromatic heterocycles. The highest BCUT2D eigenvalue weighted by atomic mass is 16.3. The maximum Gasteiger partial charge on any atom is 0.222 e. The van der Waals surface area contributed by atoms with Gasteiger partial charge in [-0.15, -0.1) is 0 Å². The molecule has 2 heterocycles. The summed E-state index contributed by atoms with van der Waals surface area (Å²) in [5.74, 6) is 0.243. The zero-order valence-corrected chi connectivity index (χ0v) is 10.8. The first-order valence-corrected chi connectivity index (χ1v) is 6.78. The third-order valence-corrected chi connectivity index (χ3v) is 4.30. The van der Waals surface area contributed by atoms with Crippen LogP contribution >= 0.6 is 0 Å². The number of carbonyl (C=O) groups excluding carboxylic acids is 1. The maximum atomic E-state index is 11.5. The highest BCUT2D eigenvalue weighted by molar-refractivity contribution is 5.76. The fourth-order valence-electron chi connectivity index (χ4n) is 3.25. The third kappa shape index (κ3) is 1.85. The topological polar surface area (TPSA) is 45.5 Å².